The van der Waals surface area contributed by atoms with Gasteiger partial charge in [-0.15, -0.1) is 0 Å². The van der Waals surface area contributed by atoms with E-state index in [-0.39, 0.29) is 0 Å². The van der Waals surface area contributed by atoms with E-state index in [1.807, 2.05) is 6.07 Å². The van der Waals surface area contributed by atoms with E-state index in [2.05, 4.69) is 32.5 Å². The fourth-order valence-electron chi connectivity index (χ4n) is 2.34. The molecule has 0 saturated carbocycles. The minimum atomic E-state index is 0.477. The SMILES string of the molecule is CN1CCCC(Nc2cc(NCCCN)ncn2)C1. The fraction of sp³-hybridized carbons (Fsp3) is 0.692. The third-order valence-electron chi connectivity index (χ3n) is 3.33. The van der Waals surface area contributed by atoms with Gasteiger partial charge in [-0.2, -0.15) is 0 Å². The van der Waals surface area contributed by atoms with Gasteiger partial charge in [0.05, 0.1) is 0 Å². The molecule has 2 rings (SSSR count). The number of hydrogen-bond donors (Lipinski definition) is 3. The second-order valence-electron chi connectivity index (χ2n) is 5.10. The summed E-state index contributed by atoms with van der Waals surface area (Å²) in [5, 5.41) is 6.74. The van der Waals surface area contributed by atoms with Gasteiger partial charge in [0.25, 0.3) is 0 Å². The molecule has 0 spiro atoms. The average molecular weight is 264 g/mol. The minimum Gasteiger partial charge on any atom is -0.370 e. The number of anilines is 2. The number of likely N-dealkylation sites (N-methyl/N-ethyl adjacent to an activating group) is 1. The van der Waals surface area contributed by atoms with E-state index in [0.29, 0.717) is 12.6 Å². The smallest absolute Gasteiger partial charge is 0.131 e. The molecular weight excluding hydrogens is 240 g/mol. The van der Waals surface area contributed by atoms with Crippen molar-refractivity contribution in [3.8, 4) is 0 Å². The summed E-state index contributed by atoms with van der Waals surface area (Å²) >= 11 is 0. The first-order valence-electron chi connectivity index (χ1n) is 6.99. The van der Waals surface area contributed by atoms with Crippen molar-refractivity contribution in [2.75, 3.05) is 43.9 Å². The molecule has 1 aliphatic heterocycles. The lowest BCUT2D eigenvalue weighted by atomic mass is 10.1. The van der Waals surface area contributed by atoms with E-state index in [1.54, 1.807) is 6.33 Å². The molecule has 1 unspecified atom stereocenters. The Kier molecular flexibility index (Phi) is 5.35. The normalized spacial score (nSPS) is 20.2. The lowest BCUT2D eigenvalue weighted by Crippen LogP contribution is -2.39. The first-order valence-corrected chi connectivity index (χ1v) is 6.99. The third-order valence-corrected chi connectivity index (χ3v) is 3.33. The molecule has 0 aromatic carbocycles. The molecule has 2 heterocycles. The molecule has 1 atom stereocenters. The van der Waals surface area contributed by atoms with Gasteiger partial charge in [0, 0.05) is 25.2 Å². The summed E-state index contributed by atoms with van der Waals surface area (Å²) in [6.45, 7) is 3.80. The number of nitrogens with two attached hydrogens (primary N) is 1. The molecule has 1 aliphatic rings. The second kappa shape index (κ2) is 7.25. The highest BCUT2D eigenvalue weighted by molar-refractivity contribution is 5.47. The van der Waals surface area contributed by atoms with Gasteiger partial charge < -0.3 is 21.3 Å². The van der Waals surface area contributed by atoms with Crippen LogP contribution in [0.4, 0.5) is 11.6 Å². The fourth-order valence-corrected chi connectivity index (χ4v) is 2.34. The summed E-state index contributed by atoms with van der Waals surface area (Å²) in [7, 11) is 2.16. The topological polar surface area (TPSA) is 79.1 Å². The maximum Gasteiger partial charge on any atom is 0.131 e. The predicted molar refractivity (Wildman–Crippen MR) is 78.3 cm³/mol. The Morgan fingerprint density at radius 2 is 2.26 bits per heavy atom. The first kappa shape index (κ1) is 14.0. The molecule has 4 N–H and O–H groups in total. The molecule has 106 valence electrons. The Balaban J connectivity index is 1.87. The number of hydrogen-bond acceptors (Lipinski definition) is 6. The van der Waals surface area contributed by atoms with Crippen LogP contribution in [0.3, 0.4) is 0 Å². The van der Waals surface area contributed by atoms with Crippen molar-refractivity contribution in [1.82, 2.24) is 14.9 Å². The summed E-state index contributed by atoms with van der Waals surface area (Å²) in [6, 6.07) is 2.44. The van der Waals surface area contributed by atoms with Crippen molar-refractivity contribution in [1.29, 1.82) is 0 Å². The van der Waals surface area contributed by atoms with Crippen LogP contribution in [0.1, 0.15) is 19.3 Å². The lowest BCUT2D eigenvalue weighted by molar-refractivity contribution is 0.261. The van der Waals surface area contributed by atoms with Gasteiger partial charge in [-0.25, -0.2) is 9.97 Å². The number of nitrogens with zero attached hydrogens (tertiary/aromatic N) is 3. The number of likely N-dealkylation sites (tertiary alicyclic amines) is 1. The molecule has 1 fully saturated rings. The number of rotatable bonds is 6. The quantitative estimate of drug-likeness (QED) is 0.658. The van der Waals surface area contributed by atoms with E-state index in [4.69, 9.17) is 5.73 Å². The minimum absolute atomic E-state index is 0.477. The van der Waals surface area contributed by atoms with Crippen LogP contribution in [-0.2, 0) is 0 Å². The van der Waals surface area contributed by atoms with Crippen LogP contribution >= 0.6 is 0 Å². The maximum absolute atomic E-state index is 5.47. The molecule has 0 radical (unpaired) electrons. The molecule has 1 aromatic rings. The van der Waals surface area contributed by atoms with E-state index in [0.717, 1.165) is 31.1 Å². The van der Waals surface area contributed by atoms with Gasteiger partial charge in [-0.05, 0) is 39.4 Å². The van der Waals surface area contributed by atoms with Crippen LogP contribution in [0.25, 0.3) is 0 Å². The predicted octanol–water partition coefficient (Wildman–Crippen LogP) is 0.743. The highest BCUT2D eigenvalue weighted by Gasteiger charge is 2.17. The van der Waals surface area contributed by atoms with Crippen molar-refractivity contribution >= 4 is 11.6 Å². The van der Waals surface area contributed by atoms with Crippen LogP contribution in [0.2, 0.25) is 0 Å². The molecule has 1 saturated heterocycles. The Labute approximate surface area is 114 Å². The average Bonchev–Trinajstić information content (AvgIpc) is 2.39. The van der Waals surface area contributed by atoms with Gasteiger partial charge in [0.2, 0.25) is 0 Å². The Morgan fingerprint density at radius 3 is 3.05 bits per heavy atom. The molecule has 6 heteroatoms. The lowest BCUT2D eigenvalue weighted by Gasteiger charge is -2.30. The van der Waals surface area contributed by atoms with Crippen LogP contribution < -0.4 is 16.4 Å². The molecule has 0 bridgehead atoms. The van der Waals surface area contributed by atoms with Gasteiger partial charge in [0.15, 0.2) is 0 Å². The van der Waals surface area contributed by atoms with E-state index < -0.39 is 0 Å². The molecular formula is C13H24N6. The standard InChI is InChI=1S/C13H24N6/c1-19-7-2-4-11(9-19)18-13-8-12(16-10-17-13)15-6-3-5-14/h8,10-11H,2-7,9,14H2,1H3,(H2,15,16,17,18). The summed E-state index contributed by atoms with van der Waals surface area (Å²) in [5.74, 6) is 1.75. The highest BCUT2D eigenvalue weighted by atomic mass is 15.2. The van der Waals surface area contributed by atoms with Gasteiger partial charge in [-0.3, -0.25) is 0 Å². The van der Waals surface area contributed by atoms with Gasteiger partial charge in [-0.1, -0.05) is 0 Å². The monoisotopic (exact) mass is 264 g/mol. The summed E-state index contributed by atoms with van der Waals surface area (Å²) in [4.78, 5) is 10.8. The van der Waals surface area contributed by atoms with E-state index >= 15 is 0 Å². The van der Waals surface area contributed by atoms with Crippen LogP contribution in [-0.4, -0.2) is 54.1 Å². The van der Waals surface area contributed by atoms with Crippen LogP contribution in [0.15, 0.2) is 12.4 Å². The van der Waals surface area contributed by atoms with Gasteiger partial charge >= 0.3 is 0 Å². The van der Waals surface area contributed by atoms with Crippen molar-refractivity contribution in [3.63, 3.8) is 0 Å². The number of aromatic nitrogens is 2. The van der Waals surface area contributed by atoms with Crippen LogP contribution in [0, 0.1) is 0 Å². The van der Waals surface area contributed by atoms with Crippen molar-refractivity contribution in [2.24, 2.45) is 5.73 Å². The number of nitrogens with one attached hydrogen (secondary N) is 2. The van der Waals surface area contributed by atoms with E-state index in [9.17, 15) is 0 Å². The zero-order valence-corrected chi connectivity index (χ0v) is 11.6. The summed E-state index contributed by atoms with van der Waals surface area (Å²) < 4.78 is 0. The zero-order chi connectivity index (χ0) is 13.5. The number of piperidine rings is 1. The molecule has 19 heavy (non-hydrogen) atoms. The Morgan fingerprint density at radius 1 is 1.42 bits per heavy atom. The van der Waals surface area contributed by atoms with Gasteiger partial charge in [0.1, 0.15) is 18.0 Å². The van der Waals surface area contributed by atoms with Crippen molar-refractivity contribution in [3.05, 3.63) is 12.4 Å². The largest absolute Gasteiger partial charge is 0.370 e. The van der Waals surface area contributed by atoms with Crippen molar-refractivity contribution < 1.29 is 0 Å². The molecule has 0 aliphatic carbocycles. The second-order valence-corrected chi connectivity index (χ2v) is 5.10. The summed E-state index contributed by atoms with van der Waals surface area (Å²) in [5.41, 5.74) is 5.47. The first-order chi connectivity index (χ1) is 9.28. The zero-order valence-electron chi connectivity index (χ0n) is 11.6. The molecule has 1 aromatic heterocycles. The maximum atomic E-state index is 5.47. The van der Waals surface area contributed by atoms with Crippen molar-refractivity contribution in [2.45, 2.75) is 25.3 Å². The third kappa shape index (κ3) is 4.65. The van der Waals surface area contributed by atoms with Crippen LogP contribution in [0.5, 0.6) is 0 Å². The Bertz CT molecular complexity index is 383. The highest BCUT2D eigenvalue weighted by Crippen LogP contribution is 2.15. The molecule has 0 amide bonds. The molecule has 6 nitrogen and oxygen atoms in total. The van der Waals surface area contributed by atoms with E-state index in [1.165, 1.54) is 19.4 Å². The summed E-state index contributed by atoms with van der Waals surface area (Å²) in [6.07, 6.45) is 4.98. The Hall–Kier alpha value is -1.40.